The summed E-state index contributed by atoms with van der Waals surface area (Å²) in [4.78, 5) is 0. The van der Waals surface area contributed by atoms with E-state index in [1.807, 2.05) is 13.8 Å². The van der Waals surface area contributed by atoms with Crippen molar-refractivity contribution in [2.45, 2.75) is 26.3 Å². The number of benzene rings is 1. The van der Waals surface area contributed by atoms with E-state index in [9.17, 15) is 17.6 Å². The first kappa shape index (κ1) is 13.8. The Labute approximate surface area is 96.4 Å². The van der Waals surface area contributed by atoms with Crippen LogP contribution in [0.4, 0.5) is 17.6 Å². The lowest BCUT2D eigenvalue weighted by atomic mass is 9.97. The Morgan fingerprint density at radius 3 is 2.24 bits per heavy atom. The monoisotopic (exact) mass is 251 g/mol. The molecule has 17 heavy (non-hydrogen) atoms. The molecule has 2 N–H and O–H groups in total. The number of hydrogen-bond acceptors (Lipinski definition) is 2. The fraction of sp³-hybridized carbons (Fsp3) is 0.455. The summed E-state index contributed by atoms with van der Waals surface area (Å²) in [7, 11) is 0. The van der Waals surface area contributed by atoms with E-state index < -0.39 is 24.0 Å². The first-order chi connectivity index (χ1) is 7.70. The summed E-state index contributed by atoms with van der Waals surface area (Å²) in [6, 6.07) is 2.80. The van der Waals surface area contributed by atoms with E-state index in [0.29, 0.717) is 5.56 Å². The molecule has 0 aromatic heterocycles. The van der Waals surface area contributed by atoms with Gasteiger partial charge in [0.1, 0.15) is 0 Å². The first-order valence-corrected chi connectivity index (χ1v) is 5.01. The Kier molecular flexibility index (Phi) is 3.98. The highest BCUT2D eigenvalue weighted by Gasteiger charge is 2.32. The summed E-state index contributed by atoms with van der Waals surface area (Å²) >= 11 is 0. The third-order valence-electron chi connectivity index (χ3n) is 2.28. The van der Waals surface area contributed by atoms with Crippen LogP contribution in [-0.4, -0.2) is 6.36 Å². The number of nitrogens with two attached hydrogens (primary N) is 1. The minimum Gasteiger partial charge on any atom is -0.403 e. The lowest BCUT2D eigenvalue weighted by molar-refractivity contribution is -0.275. The maximum absolute atomic E-state index is 13.3. The molecule has 1 aromatic rings. The molecular formula is C11H13F4NO. The van der Waals surface area contributed by atoms with Crippen LogP contribution in [-0.2, 0) is 0 Å². The van der Waals surface area contributed by atoms with Crippen LogP contribution in [0.25, 0.3) is 0 Å². The van der Waals surface area contributed by atoms with Gasteiger partial charge in [0.15, 0.2) is 11.6 Å². The molecule has 1 aromatic carbocycles. The van der Waals surface area contributed by atoms with Crippen molar-refractivity contribution in [3.05, 3.63) is 29.6 Å². The summed E-state index contributed by atoms with van der Waals surface area (Å²) in [6.07, 6.45) is -4.90. The van der Waals surface area contributed by atoms with Gasteiger partial charge in [-0.2, -0.15) is 0 Å². The van der Waals surface area contributed by atoms with Gasteiger partial charge < -0.3 is 10.5 Å². The Hall–Kier alpha value is -1.30. The topological polar surface area (TPSA) is 35.2 Å². The molecule has 96 valence electrons. The standard InChI is InChI=1S/C11H13F4NO/c1-6(2)10(16)7-3-4-9(8(12)5-7)17-11(13,14)15/h3-6,10H,16H2,1-2H3. The van der Waals surface area contributed by atoms with Gasteiger partial charge in [-0.1, -0.05) is 19.9 Å². The van der Waals surface area contributed by atoms with Crippen LogP contribution in [0.1, 0.15) is 25.5 Å². The molecular weight excluding hydrogens is 238 g/mol. The number of ether oxygens (including phenoxy) is 1. The highest BCUT2D eigenvalue weighted by atomic mass is 19.4. The SMILES string of the molecule is CC(C)C(N)c1ccc(OC(F)(F)F)c(F)c1. The molecule has 0 aliphatic carbocycles. The molecule has 1 unspecified atom stereocenters. The Balaban J connectivity index is 2.94. The van der Waals surface area contributed by atoms with Crippen molar-refractivity contribution >= 4 is 0 Å². The number of hydrogen-bond donors (Lipinski definition) is 1. The van der Waals surface area contributed by atoms with Crippen LogP contribution < -0.4 is 10.5 Å². The van der Waals surface area contributed by atoms with E-state index in [2.05, 4.69) is 4.74 Å². The summed E-state index contributed by atoms with van der Waals surface area (Å²) in [5, 5.41) is 0. The molecule has 6 heteroatoms. The van der Waals surface area contributed by atoms with Gasteiger partial charge in [0.25, 0.3) is 0 Å². The normalized spacial score (nSPS) is 13.9. The van der Waals surface area contributed by atoms with Gasteiger partial charge in [-0.3, -0.25) is 0 Å². The molecule has 0 saturated carbocycles. The summed E-state index contributed by atoms with van der Waals surface area (Å²) in [5.41, 5.74) is 6.19. The van der Waals surface area contributed by atoms with Crippen molar-refractivity contribution in [3.63, 3.8) is 0 Å². The quantitative estimate of drug-likeness (QED) is 0.836. The third kappa shape index (κ3) is 3.89. The number of alkyl halides is 3. The van der Waals surface area contributed by atoms with Crippen molar-refractivity contribution in [1.29, 1.82) is 0 Å². The maximum Gasteiger partial charge on any atom is 0.573 e. The summed E-state index contributed by atoms with van der Waals surface area (Å²) in [5.74, 6) is -1.86. The van der Waals surface area contributed by atoms with Crippen molar-refractivity contribution in [2.75, 3.05) is 0 Å². The van der Waals surface area contributed by atoms with Gasteiger partial charge in [0.2, 0.25) is 0 Å². The van der Waals surface area contributed by atoms with E-state index in [1.165, 1.54) is 6.07 Å². The second-order valence-corrected chi connectivity index (χ2v) is 4.01. The zero-order valence-electron chi connectivity index (χ0n) is 9.38. The largest absolute Gasteiger partial charge is 0.573 e. The van der Waals surface area contributed by atoms with Crippen LogP contribution in [0.5, 0.6) is 5.75 Å². The molecule has 1 atom stereocenters. The lowest BCUT2D eigenvalue weighted by Crippen LogP contribution is -2.19. The van der Waals surface area contributed by atoms with Crippen LogP contribution in [0.2, 0.25) is 0 Å². The van der Waals surface area contributed by atoms with Gasteiger partial charge in [-0.05, 0) is 23.6 Å². The molecule has 0 spiro atoms. The third-order valence-corrected chi connectivity index (χ3v) is 2.28. The summed E-state index contributed by atoms with van der Waals surface area (Å²) in [6.45, 7) is 3.67. The Morgan fingerprint density at radius 2 is 1.82 bits per heavy atom. The van der Waals surface area contributed by atoms with E-state index in [1.54, 1.807) is 0 Å². The predicted molar refractivity (Wildman–Crippen MR) is 54.8 cm³/mol. The number of rotatable bonds is 3. The van der Waals surface area contributed by atoms with Crippen molar-refractivity contribution < 1.29 is 22.3 Å². The highest BCUT2D eigenvalue weighted by Crippen LogP contribution is 2.28. The van der Waals surface area contributed by atoms with Crippen LogP contribution in [0.15, 0.2) is 18.2 Å². The second-order valence-electron chi connectivity index (χ2n) is 4.01. The second kappa shape index (κ2) is 4.91. The molecule has 0 radical (unpaired) electrons. The molecule has 0 saturated heterocycles. The fourth-order valence-corrected chi connectivity index (χ4v) is 1.32. The molecule has 0 aliphatic rings. The van der Waals surface area contributed by atoms with E-state index in [0.717, 1.165) is 12.1 Å². The number of halogens is 4. The summed E-state index contributed by atoms with van der Waals surface area (Å²) < 4.78 is 52.5. The smallest absolute Gasteiger partial charge is 0.403 e. The molecule has 2 nitrogen and oxygen atoms in total. The van der Waals surface area contributed by atoms with Gasteiger partial charge >= 0.3 is 6.36 Å². The van der Waals surface area contributed by atoms with Gasteiger partial charge in [0.05, 0.1) is 0 Å². The Bertz CT molecular complexity index is 390. The average Bonchev–Trinajstić information content (AvgIpc) is 2.18. The minimum atomic E-state index is -4.90. The zero-order valence-corrected chi connectivity index (χ0v) is 9.38. The van der Waals surface area contributed by atoms with Gasteiger partial charge in [-0.15, -0.1) is 13.2 Å². The first-order valence-electron chi connectivity index (χ1n) is 5.01. The van der Waals surface area contributed by atoms with E-state index >= 15 is 0 Å². The fourth-order valence-electron chi connectivity index (χ4n) is 1.32. The molecule has 0 heterocycles. The highest BCUT2D eigenvalue weighted by molar-refractivity contribution is 5.31. The van der Waals surface area contributed by atoms with E-state index in [-0.39, 0.29) is 5.92 Å². The molecule has 0 bridgehead atoms. The van der Waals surface area contributed by atoms with Crippen LogP contribution in [0, 0.1) is 11.7 Å². The van der Waals surface area contributed by atoms with Crippen LogP contribution in [0.3, 0.4) is 0 Å². The minimum absolute atomic E-state index is 0.0591. The predicted octanol–water partition coefficient (Wildman–Crippen LogP) is 3.38. The molecule has 0 amide bonds. The van der Waals surface area contributed by atoms with Crippen molar-refractivity contribution in [3.8, 4) is 5.75 Å². The van der Waals surface area contributed by atoms with Crippen molar-refractivity contribution in [1.82, 2.24) is 0 Å². The van der Waals surface area contributed by atoms with E-state index in [4.69, 9.17) is 5.73 Å². The average molecular weight is 251 g/mol. The molecule has 0 aliphatic heterocycles. The zero-order chi connectivity index (χ0) is 13.2. The van der Waals surface area contributed by atoms with Gasteiger partial charge in [-0.25, -0.2) is 4.39 Å². The molecule has 0 fully saturated rings. The van der Waals surface area contributed by atoms with Crippen LogP contribution >= 0.6 is 0 Å². The van der Waals surface area contributed by atoms with Gasteiger partial charge in [0, 0.05) is 6.04 Å². The maximum atomic E-state index is 13.3. The van der Waals surface area contributed by atoms with Crippen molar-refractivity contribution in [2.24, 2.45) is 11.7 Å². The molecule has 1 rings (SSSR count). The lowest BCUT2D eigenvalue weighted by Gasteiger charge is -2.17. The Morgan fingerprint density at radius 1 is 1.24 bits per heavy atom.